The van der Waals surface area contributed by atoms with E-state index in [2.05, 4.69) is 10.1 Å². The number of rotatable bonds is 3. The quantitative estimate of drug-likeness (QED) is 0.518. The molecule has 3 rings (SSSR count). The number of aryl methyl sites for hydroxylation is 1. The maximum absolute atomic E-state index is 12.2. The van der Waals surface area contributed by atoms with Crippen LogP contribution in [0.25, 0.3) is 11.0 Å². The van der Waals surface area contributed by atoms with Crippen molar-refractivity contribution in [3.05, 3.63) is 52.7 Å². The molecule has 1 aromatic carbocycles. The van der Waals surface area contributed by atoms with Gasteiger partial charge >= 0.3 is 5.97 Å². The highest BCUT2D eigenvalue weighted by Crippen LogP contribution is 2.12. The second-order valence-electron chi connectivity index (χ2n) is 4.79. The molecule has 0 unspecified atom stereocenters. The predicted molar refractivity (Wildman–Crippen MR) is 79.6 cm³/mol. The average molecular weight is 309 g/mol. The van der Waals surface area contributed by atoms with Crippen LogP contribution < -0.4 is 10.3 Å². The number of carbonyl (C=O) groups is 1. The van der Waals surface area contributed by atoms with Crippen molar-refractivity contribution in [2.45, 2.75) is 6.54 Å². The largest absolute Gasteiger partial charge is 0.425 e. The van der Waals surface area contributed by atoms with Crippen LogP contribution in [0.1, 0.15) is 5.56 Å². The number of carbonyl (C=O) groups excluding carboxylic acids is 1. The molecule has 0 N–H and O–H groups in total. The molecule has 114 valence electrons. The fourth-order valence-corrected chi connectivity index (χ4v) is 2.08. The molecule has 0 saturated carbocycles. The van der Waals surface area contributed by atoms with Crippen LogP contribution in [0.4, 0.5) is 0 Å². The van der Waals surface area contributed by atoms with Crippen molar-refractivity contribution >= 4 is 17.0 Å². The lowest BCUT2D eigenvalue weighted by molar-refractivity contribution is -0.135. The third-order valence-corrected chi connectivity index (χ3v) is 3.23. The van der Waals surface area contributed by atoms with E-state index in [9.17, 15) is 9.59 Å². The molecular formula is C15H11N5O3. The zero-order valence-electron chi connectivity index (χ0n) is 12.1. The fourth-order valence-electron chi connectivity index (χ4n) is 2.08. The molecule has 0 spiro atoms. The van der Waals surface area contributed by atoms with Gasteiger partial charge in [0.2, 0.25) is 0 Å². The summed E-state index contributed by atoms with van der Waals surface area (Å²) >= 11 is 0. The second kappa shape index (κ2) is 5.73. The predicted octanol–water partition coefficient (Wildman–Crippen LogP) is 0.607. The van der Waals surface area contributed by atoms with Gasteiger partial charge in [-0.05, 0) is 24.3 Å². The normalized spacial score (nSPS) is 10.4. The lowest BCUT2D eigenvalue weighted by atomic mass is 10.2. The van der Waals surface area contributed by atoms with Crippen LogP contribution in [-0.2, 0) is 18.4 Å². The lowest BCUT2D eigenvalue weighted by Crippen LogP contribution is -2.26. The van der Waals surface area contributed by atoms with Crippen molar-refractivity contribution in [2.24, 2.45) is 7.05 Å². The number of hydrogen-bond acceptors (Lipinski definition) is 6. The van der Waals surface area contributed by atoms with Crippen molar-refractivity contribution in [3.63, 3.8) is 0 Å². The lowest BCUT2D eigenvalue weighted by Gasteiger charge is -2.06. The third kappa shape index (κ3) is 2.80. The van der Waals surface area contributed by atoms with Crippen LogP contribution in [0.3, 0.4) is 0 Å². The second-order valence-corrected chi connectivity index (χ2v) is 4.79. The summed E-state index contributed by atoms with van der Waals surface area (Å²) in [7, 11) is 1.68. The molecule has 2 heterocycles. The zero-order valence-corrected chi connectivity index (χ0v) is 12.1. The highest BCUT2D eigenvalue weighted by Gasteiger charge is 2.12. The summed E-state index contributed by atoms with van der Waals surface area (Å²) in [5.74, 6) is -0.306. The van der Waals surface area contributed by atoms with Crippen molar-refractivity contribution in [3.8, 4) is 11.8 Å². The molecule has 0 aliphatic rings. The molecule has 8 nitrogen and oxygen atoms in total. The number of aromatic nitrogens is 4. The molecule has 2 aromatic heterocycles. The van der Waals surface area contributed by atoms with Gasteiger partial charge in [-0.15, -0.1) is 0 Å². The van der Waals surface area contributed by atoms with E-state index in [4.69, 9.17) is 10.00 Å². The summed E-state index contributed by atoms with van der Waals surface area (Å²) in [5.41, 5.74) is 0.554. The van der Waals surface area contributed by atoms with E-state index in [1.54, 1.807) is 7.05 Å². The standard InChI is InChI=1S/C15H11N5O3/c1-19-14-12(7-18-19)15(22)20(9-17-14)8-13(21)23-11-4-2-10(6-16)3-5-11/h2-5,7,9H,8H2,1H3. The maximum Gasteiger partial charge on any atom is 0.331 e. The van der Waals surface area contributed by atoms with E-state index >= 15 is 0 Å². The van der Waals surface area contributed by atoms with Crippen molar-refractivity contribution in [2.75, 3.05) is 0 Å². The van der Waals surface area contributed by atoms with E-state index in [-0.39, 0.29) is 12.1 Å². The molecule has 0 amide bonds. The smallest absolute Gasteiger partial charge is 0.331 e. The molecule has 0 bridgehead atoms. The van der Waals surface area contributed by atoms with Crippen molar-refractivity contribution in [1.29, 1.82) is 5.26 Å². The fraction of sp³-hybridized carbons (Fsp3) is 0.133. The molecule has 0 aliphatic heterocycles. The van der Waals surface area contributed by atoms with Gasteiger partial charge in [0.25, 0.3) is 5.56 Å². The molecule has 0 saturated heterocycles. The molecular weight excluding hydrogens is 298 g/mol. The van der Waals surface area contributed by atoms with Gasteiger partial charge in [-0.2, -0.15) is 10.4 Å². The number of nitrogens with zero attached hydrogens (tertiary/aromatic N) is 5. The number of esters is 1. The summed E-state index contributed by atoms with van der Waals surface area (Å²) in [4.78, 5) is 28.3. The molecule has 3 aromatic rings. The summed E-state index contributed by atoms with van der Waals surface area (Å²) in [5, 5.41) is 13.0. The van der Waals surface area contributed by atoms with Gasteiger partial charge in [-0.25, -0.2) is 9.78 Å². The molecule has 23 heavy (non-hydrogen) atoms. The SMILES string of the molecule is Cn1ncc2c(=O)n(CC(=O)Oc3ccc(C#N)cc3)cnc21. The Balaban J connectivity index is 1.78. The van der Waals surface area contributed by atoms with Gasteiger partial charge in [-0.1, -0.05) is 0 Å². The number of nitriles is 1. The molecule has 0 radical (unpaired) electrons. The maximum atomic E-state index is 12.2. The van der Waals surface area contributed by atoms with Gasteiger partial charge < -0.3 is 4.74 Å². The zero-order chi connectivity index (χ0) is 16.4. The topological polar surface area (TPSA) is 103 Å². The van der Waals surface area contributed by atoms with Crippen LogP contribution in [0.2, 0.25) is 0 Å². The molecule has 0 fully saturated rings. The van der Waals surface area contributed by atoms with Gasteiger partial charge in [-0.3, -0.25) is 14.0 Å². The Bertz CT molecular complexity index is 979. The first-order valence-corrected chi connectivity index (χ1v) is 6.66. The molecule has 8 heteroatoms. The Morgan fingerprint density at radius 1 is 1.35 bits per heavy atom. The third-order valence-electron chi connectivity index (χ3n) is 3.23. The number of ether oxygens (including phenoxy) is 1. The van der Waals surface area contributed by atoms with Crippen molar-refractivity contribution < 1.29 is 9.53 Å². The van der Waals surface area contributed by atoms with E-state index in [0.717, 1.165) is 4.57 Å². The Morgan fingerprint density at radius 2 is 2.09 bits per heavy atom. The minimum Gasteiger partial charge on any atom is -0.425 e. The summed E-state index contributed by atoms with van der Waals surface area (Å²) in [6.45, 7) is -0.267. The monoisotopic (exact) mass is 309 g/mol. The number of benzene rings is 1. The molecule has 0 atom stereocenters. The molecule has 0 aliphatic carbocycles. The number of hydrogen-bond donors (Lipinski definition) is 0. The minimum atomic E-state index is -0.609. The highest BCUT2D eigenvalue weighted by atomic mass is 16.5. The van der Waals surface area contributed by atoms with Crippen LogP contribution in [0.15, 0.2) is 41.6 Å². The van der Waals surface area contributed by atoms with Crippen LogP contribution >= 0.6 is 0 Å². The first-order chi connectivity index (χ1) is 11.1. The van der Waals surface area contributed by atoms with Crippen molar-refractivity contribution in [1.82, 2.24) is 19.3 Å². The average Bonchev–Trinajstić information content (AvgIpc) is 2.93. The Hall–Kier alpha value is -3.47. The van der Waals surface area contributed by atoms with Gasteiger partial charge in [0.15, 0.2) is 5.65 Å². The van der Waals surface area contributed by atoms with E-state index in [1.807, 2.05) is 6.07 Å². The van der Waals surface area contributed by atoms with Gasteiger partial charge in [0, 0.05) is 7.05 Å². The van der Waals surface area contributed by atoms with E-state index in [1.165, 1.54) is 41.5 Å². The summed E-state index contributed by atoms with van der Waals surface area (Å²) < 4.78 is 7.78. The Morgan fingerprint density at radius 3 is 2.78 bits per heavy atom. The van der Waals surface area contributed by atoms with Gasteiger partial charge in [0.05, 0.1) is 17.8 Å². The summed E-state index contributed by atoms with van der Waals surface area (Å²) in [6.07, 6.45) is 2.69. The first kappa shape index (κ1) is 14.5. The number of fused-ring (bicyclic) bond motifs is 1. The van der Waals surface area contributed by atoms with E-state index < -0.39 is 5.97 Å². The minimum absolute atomic E-state index is 0.267. The first-order valence-electron chi connectivity index (χ1n) is 6.66. The Kier molecular flexibility index (Phi) is 3.60. The van der Waals surface area contributed by atoms with Gasteiger partial charge in [0.1, 0.15) is 24.0 Å². The van der Waals surface area contributed by atoms with Crippen LogP contribution in [0, 0.1) is 11.3 Å². The highest BCUT2D eigenvalue weighted by molar-refractivity contribution is 5.75. The summed E-state index contributed by atoms with van der Waals surface area (Å²) in [6, 6.07) is 8.08. The van der Waals surface area contributed by atoms with Crippen LogP contribution in [0.5, 0.6) is 5.75 Å². The Labute approximate surface area is 130 Å². The van der Waals surface area contributed by atoms with E-state index in [0.29, 0.717) is 22.3 Å². The van der Waals surface area contributed by atoms with Crippen LogP contribution in [-0.4, -0.2) is 25.3 Å².